The Morgan fingerprint density at radius 3 is 2.12 bits per heavy atom. The molecule has 0 fully saturated rings. The normalized spacial score (nSPS) is 14.8. The van der Waals surface area contributed by atoms with Gasteiger partial charge in [-0.05, 0) is 38.6 Å². The second kappa shape index (κ2) is 7.25. The average Bonchev–Trinajstić information content (AvgIpc) is 2.15. The lowest BCUT2D eigenvalue weighted by Crippen LogP contribution is -2.41. The molecule has 0 aliphatic heterocycles. The van der Waals surface area contributed by atoms with Crippen LogP contribution < -0.4 is 5.73 Å². The summed E-state index contributed by atoms with van der Waals surface area (Å²) in [4.78, 5) is 2.39. The Morgan fingerprint density at radius 2 is 1.75 bits per heavy atom. The van der Waals surface area contributed by atoms with Crippen LogP contribution in [0.25, 0.3) is 0 Å². The molecule has 0 amide bonds. The van der Waals surface area contributed by atoms with Crippen LogP contribution in [0.2, 0.25) is 0 Å². The maximum atomic E-state index is 8.85. The van der Waals surface area contributed by atoms with E-state index in [1.165, 1.54) is 0 Å². The van der Waals surface area contributed by atoms with Crippen molar-refractivity contribution in [3.05, 3.63) is 0 Å². The van der Waals surface area contributed by atoms with Gasteiger partial charge in [-0.25, -0.2) is 0 Å². The Kier molecular flexibility index (Phi) is 7.20. The van der Waals surface area contributed by atoms with E-state index in [1.807, 2.05) is 0 Å². The first kappa shape index (κ1) is 15.9. The average molecular weight is 230 g/mol. The van der Waals surface area contributed by atoms with E-state index in [0.717, 1.165) is 25.9 Å². The molecule has 3 nitrogen and oxygen atoms in total. The van der Waals surface area contributed by atoms with Crippen molar-refractivity contribution in [2.75, 3.05) is 19.7 Å². The van der Waals surface area contributed by atoms with Gasteiger partial charge in [-0.1, -0.05) is 20.8 Å². The SMILES string of the molecule is CC(C)N(CCCO)CCC(N)C(C)(C)C. The van der Waals surface area contributed by atoms with E-state index in [1.54, 1.807) is 0 Å². The fraction of sp³-hybridized carbons (Fsp3) is 1.00. The highest BCUT2D eigenvalue weighted by Gasteiger charge is 2.21. The molecule has 0 radical (unpaired) electrons. The molecule has 1 unspecified atom stereocenters. The fourth-order valence-corrected chi connectivity index (χ4v) is 1.64. The first-order valence-electron chi connectivity index (χ1n) is 6.39. The summed E-state index contributed by atoms with van der Waals surface area (Å²) in [5.74, 6) is 0. The van der Waals surface area contributed by atoms with Crippen LogP contribution in [-0.4, -0.2) is 41.8 Å². The van der Waals surface area contributed by atoms with Crippen molar-refractivity contribution in [2.45, 2.75) is 59.5 Å². The summed E-state index contributed by atoms with van der Waals surface area (Å²) < 4.78 is 0. The van der Waals surface area contributed by atoms with Gasteiger partial charge in [-0.3, -0.25) is 0 Å². The lowest BCUT2D eigenvalue weighted by molar-refractivity contribution is 0.174. The third-order valence-corrected chi connectivity index (χ3v) is 3.17. The fourth-order valence-electron chi connectivity index (χ4n) is 1.64. The quantitative estimate of drug-likeness (QED) is 0.701. The number of hydrogen-bond acceptors (Lipinski definition) is 3. The zero-order valence-electron chi connectivity index (χ0n) is 11.7. The molecular formula is C13H30N2O. The molecule has 3 heteroatoms. The van der Waals surface area contributed by atoms with Gasteiger partial charge >= 0.3 is 0 Å². The number of nitrogens with two attached hydrogens (primary N) is 1. The van der Waals surface area contributed by atoms with E-state index >= 15 is 0 Å². The van der Waals surface area contributed by atoms with E-state index < -0.39 is 0 Å². The maximum absolute atomic E-state index is 8.85. The van der Waals surface area contributed by atoms with Crippen molar-refractivity contribution >= 4 is 0 Å². The number of aliphatic hydroxyl groups is 1. The predicted molar refractivity (Wildman–Crippen MR) is 70.5 cm³/mol. The van der Waals surface area contributed by atoms with Gasteiger partial charge in [-0.15, -0.1) is 0 Å². The number of rotatable bonds is 7. The zero-order valence-corrected chi connectivity index (χ0v) is 11.7. The maximum Gasteiger partial charge on any atom is 0.0443 e. The first-order valence-corrected chi connectivity index (χ1v) is 6.39. The molecule has 0 heterocycles. The minimum atomic E-state index is 0.180. The van der Waals surface area contributed by atoms with Crippen molar-refractivity contribution in [2.24, 2.45) is 11.1 Å². The third-order valence-electron chi connectivity index (χ3n) is 3.17. The van der Waals surface area contributed by atoms with Gasteiger partial charge in [-0.2, -0.15) is 0 Å². The molecule has 98 valence electrons. The van der Waals surface area contributed by atoms with Crippen LogP contribution in [0.3, 0.4) is 0 Å². The predicted octanol–water partition coefficient (Wildman–Crippen LogP) is 1.84. The summed E-state index contributed by atoms with van der Waals surface area (Å²) in [7, 11) is 0. The standard InChI is InChI=1S/C13H30N2O/c1-11(2)15(8-6-10-16)9-7-12(14)13(3,4)5/h11-12,16H,6-10,14H2,1-5H3. The van der Waals surface area contributed by atoms with Crippen LogP contribution in [-0.2, 0) is 0 Å². The van der Waals surface area contributed by atoms with E-state index in [-0.39, 0.29) is 18.1 Å². The molecule has 0 aliphatic carbocycles. The number of nitrogens with zero attached hydrogens (tertiary/aromatic N) is 1. The van der Waals surface area contributed by atoms with Crippen LogP contribution in [0.1, 0.15) is 47.5 Å². The Bertz CT molecular complexity index is 175. The summed E-state index contributed by atoms with van der Waals surface area (Å²) in [6.45, 7) is 13.2. The number of aliphatic hydroxyl groups excluding tert-OH is 1. The lowest BCUT2D eigenvalue weighted by atomic mass is 9.85. The molecule has 0 rings (SSSR count). The van der Waals surface area contributed by atoms with Crippen molar-refractivity contribution in [1.82, 2.24) is 4.90 Å². The first-order chi connectivity index (χ1) is 7.29. The van der Waals surface area contributed by atoms with Crippen LogP contribution in [0.5, 0.6) is 0 Å². The Balaban J connectivity index is 4.02. The van der Waals surface area contributed by atoms with Crippen LogP contribution >= 0.6 is 0 Å². The van der Waals surface area contributed by atoms with E-state index in [4.69, 9.17) is 10.8 Å². The van der Waals surface area contributed by atoms with Gasteiger partial charge < -0.3 is 15.7 Å². The van der Waals surface area contributed by atoms with Crippen LogP contribution in [0.15, 0.2) is 0 Å². The van der Waals surface area contributed by atoms with Crippen LogP contribution in [0, 0.1) is 5.41 Å². The Morgan fingerprint density at radius 1 is 1.19 bits per heavy atom. The molecule has 0 aromatic carbocycles. The molecule has 1 atom stereocenters. The topological polar surface area (TPSA) is 49.5 Å². The van der Waals surface area contributed by atoms with Gasteiger partial charge in [0.2, 0.25) is 0 Å². The van der Waals surface area contributed by atoms with E-state index in [2.05, 4.69) is 39.5 Å². The monoisotopic (exact) mass is 230 g/mol. The van der Waals surface area contributed by atoms with E-state index in [0.29, 0.717) is 6.04 Å². The summed E-state index contributed by atoms with van der Waals surface area (Å²) in [5, 5.41) is 8.85. The molecule has 0 aliphatic rings. The molecule has 0 aromatic rings. The highest BCUT2D eigenvalue weighted by molar-refractivity contribution is 4.78. The van der Waals surface area contributed by atoms with Gasteiger partial charge in [0, 0.05) is 25.2 Å². The second-order valence-electron chi connectivity index (χ2n) is 5.97. The van der Waals surface area contributed by atoms with Gasteiger partial charge in [0.1, 0.15) is 0 Å². The van der Waals surface area contributed by atoms with Gasteiger partial charge in [0.15, 0.2) is 0 Å². The van der Waals surface area contributed by atoms with Gasteiger partial charge in [0.05, 0.1) is 0 Å². The summed E-state index contributed by atoms with van der Waals surface area (Å²) >= 11 is 0. The van der Waals surface area contributed by atoms with Crippen molar-refractivity contribution in [1.29, 1.82) is 0 Å². The summed E-state index contributed by atoms with van der Waals surface area (Å²) in [5.41, 5.74) is 6.33. The molecule has 0 saturated heterocycles. The molecule has 0 aromatic heterocycles. The lowest BCUT2D eigenvalue weighted by Gasteiger charge is -2.32. The minimum absolute atomic E-state index is 0.180. The number of hydrogen-bond donors (Lipinski definition) is 2. The van der Waals surface area contributed by atoms with Gasteiger partial charge in [0.25, 0.3) is 0 Å². The van der Waals surface area contributed by atoms with E-state index in [9.17, 15) is 0 Å². The van der Waals surface area contributed by atoms with Crippen molar-refractivity contribution < 1.29 is 5.11 Å². The summed E-state index contributed by atoms with van der Waals surface area (Å²) in [6.07, 6.45) is 1.87. The molecule has 0 spiro atoms. The molecule has 0 saturated carbocycles. The highest BCUT2D eigenvalue weighted by atomic mass is 16.3. The minimum Gasteiger partial charge on any atom is -0.396 e. The Labute approximate surface area is 101 Å². The Hall–Kier alpha value is -0.120. The molecular weight excluding hydrogens is 200 g/mol. The largest absolute Gasteiger partial charge is 0.396 e. The third kappa shape index (κ3) is 6.46. The highest BCUT2D eigenvalue weighted by Crippen LogP contribution is 2.20. The molecule has 3 N–H and O–H groups in total. The zero-order chi connectivity index (χ0) is 12.8. The molecule has 16 heavy (non-hydrogen) atoms. The second-order valence-corrected chi connectivity index (χ2v) is 5.97. The molecule has 0 bridgehead atoms. The van der Waals surface area contributed by atoms with Crippen molar-refractivity contribution in [3.8, 4) is 0 Å². The summed E-state index contributed by atoms with van der Waals surface area (Å²) in [6, 6.07) is 0.765. The van der Waals surface area contributed by atoms with Crippen molar-refractivity contribution in [3.63, 3.8) is 0 Å². The smallest absolute Gasteiger partial charge is 0.0443 e. The van der Waals surface area contributed by atoms with Crippen LogP contribution in [0.4, 0.5) is 0 Å².